The molecule has 0 aliphatic carbocycles. The van der Waals surface area contributed by atoms with E-state index >= 15 is 0 Å². The average molecular weight is 354 g/mol. The first-order valence-corrected chi connectivity index (χ1v) is 10.9. The molecule has 1 aliphatic heterocycles. The molecule has 0 aromatic heterocycles. The van der Waals surface area contributed by atoms with Crippen molar-refractivity contribution in [2.75, 3.05) is 20.4 Å². The fourth-order valence-electron chi connectivity index (χ4n) is 1.89. The van der Waals surface area contributed by atoms with Crippen molar-refractivity contribution in [1.82, 2.24) is 4.90 Å². The Bertz CT molecular complexity index is 557. The molecule has 0 amide bonds. The third-order valence-corrected chi connectivity index (χ3v) is 4.61. The summed E-state index contributed by atoms with van der Waals surface area (Å²) in [7, 11) is 0.805. The van der Waals surface area contributed by atoms with Crippen LogP contribution < -0.4 is 9.47 Å². The van der Waals surface area contributed by atoms with Crippen LogP contribution in [0.1, 0.15) is 5.56 Å². The molecule has 0 N–H and O–H groups in total. The van der Waals surface area contributed by atoms with Gasteiger partial charge in [0, 0.05) is 6.54 Å². The molecule has 0 atom stereocenters. The van der Waals surface area contributed by atoms with Gasteiger partial charge in [-0.25, -0.2) is 0 Å². The van der Waals surface area contributed by atoms with Gasteiger partial charge in [0.2, 0.25) is 6.79 Å². The standard InChI is InChI=1S/C15H20BrNO2Si/c1-17(8-5-9-20(2,3)4)10-12-6-7-13-15(14(12)16)19-11-18-13/h6-7H,8,10-11H2,1-4H3. The predicted octanol–water partition coefficient (Wildman–Crippen LogP) is 3.49. The van der Waals surface area contributed by atoms with Crippen LogP contribution >= 0.6 is 15.9 Å². The lowest BCUT2D eigenvalue weighted by Crippen LogP contribution is -2.21. The molecule has 20 heavy (non-hydrogen) atoms. The summed E-state index contributed by atoms with van der Waals surface area (Å²) in [5, 5.41) is 0. The van der Waals surface area contributed by atoms with Crippen molar-refractivity contribution in [2.45, 2.75) is 26.2 Å². The minimum atomic E-state index is -1.27. The molecule has 0 radical (unpaired) electrons. The quantitative estimate of drug-likeness (QED) is 0.613. The van der Waals surface area contributed by atoms with Crippen LogP contribution in [0.15, 0.2) is 16.6 Å². The lowest BCUT2D eigenvalue weighted by atomic mass is 10.2. The van der Waals surface area contributed by atoms with Crippen LogP contribution in [0.2, 0.25) is 19.6 Å². The molecule has 1 aromatic carbocycles. The number of hydrogen-bond donors (Lipinski definition) is 0. The highest BCUT2D eigenvalue weighted by Crippen LogP contribution is 2.41. The Morgan fingerprint density at radius 1 is 1.30 bits per heavy atom. The van der Waals surface area contributed by atoms with Gasteiger partial charge < -0.3 is 9.47 Å². The minimum absolute atomic E-state index is 0.301. The maximum Gasteiger partial charge on any atom is 0.231 e. The van der Waals surface area contributed by atoms with Crippen molar-refractivity contribution in [2.24, 2.45) is 0 Å². The summed E-state index contributed by atoms with van der Waals surface area (Å²) >= 11 is 3.60. The van der Waals surface area contributed by atoms with E-state index in [1.165, 1.54) is 5.56 Å². The SMILES string of the molecule is CN(CC#C[Si](C)(C)C)Cc1ccc2c(c1Br)OCO2. The highest BCUT2D eigenvalue weighted by Gasteiger charge is 2.19. The lowest BCUT2D eigenvalue weighted by molar-refractivity contribution is 0.173. The Balaban J connectivity index is 2.01. The van der Waals surface area contributed by atoms with Crippen LogP contribution in [0.3, 0.4) is 0 Å². The van der Waals surface area contributed by atoms with E-state index in [2.05, 4.69) is 65.0 Å². The highest BCUT2D eigenvalue weighted by atomic mass is 79.9. The average Bonchev–Trinajstić information content (AvgIpc) is 2.80. The van der Waals surface area contributed by atoms with E-state index in [1.54, 1.807) is 0 Å². The van der Waals surface area contributed by atoms with E-state index in [1.807, 2.05) is 6.07 Å². The van der Waals surface area contributed by atoms with E-state index in [0.29, 0.717) is 6.79 Å². The van der Waals surface area contributed by atoms with Gasteiger partial charge in [-0.15, -0.1) is 5.54 Å². The summed E-state index contributed by atoms with van der Waals surface area (Å²) in [5.74, 6) is 4.90. The topological polar surface area (TPSA) is 21.7 Å². The van der Waals surface area contributed by atoms with Gasteiger partial charge in [0.05, 0.1) is 11.0 Å². The summed E-state index contributed by atoms with van der Waals surface area (Å²) < 4.78 is 11.8. The second kappa shape index (κ2) is 6.21. The van der Waals surface area contributed by atoms with Gasteiger partial charge >= 0.3 is 0 Å². The van der Waals surface area contributed by atoms with Gasteiger partial charge in [0.15, 0.2) is 11.5 Å². The van der Waals surface area contributed by atoms with Crippen LogP contribution in [0.25, 0.3) is 0 Å². The Labute approximate surface area is 130 Å². The molecular weight excluding hydrogens is 334 g/mol. The monoisotopic (exact) mass is 353 g/mol. The van der Waals surface area contributed by atoms with Crippen molar-refractivity contribution in [3.63, 3.8) is 0 Å². The van der Waals surface area contributed by atoms with Gasteiger partial charge in [-0.2, -0.15) is 0 Å². The normalized spacial score (nSPS) is 13.3. The molecular formula is C15H20BrNO2Si. The molecule has 1 aliphatic rings. The molecule has 1 aromatic rings. The van der Waals surface area contributed by atoms with Crippen LogP contribution in [0.4, 0.5) is 0 Å². The molecule has 1 heterocycles. The third kappa shape index (κ3) is 4.01. The van der Waals surface area contributed by atoms with E-state index in [4.69, 9.17) is 9.47 Å². The second-order valence-electron chi connectivity index (χ2n) is 6.00. The number of fused-ring (bicyclic) bond motifs is 1. The zero-order valence-corrected chi connectivity index (χ0v) is 15.0. The fraction of sp³-hybridized carbons (Fsp3) is 0.467. The Kier molecular flexibility index (Phi) is 4.79. The number of halogens is 1. The van der Waals surface area contributed by atoms with Crippen LogP contribution in [0, 0.1) is 11.5 Å². The van der Waals surface area contributed by atoms with E-state index < -0.39 is 8.07 Å². The number of ether oxygens (including phenoxy) is 2. The molecule has 0 unspecified atom stereocenters. The predicted molar refractivity (Wildman–Crippen MR) is 87.7 cm³/mol. The van der Waals surface area contributed by atoms with Gasteiger partial charge in [-0.3, -0.25) is 4.90 Å². The van der Waals surface area contributed by atoms with Crippen LogP contribution in [-0.4, -0.2) is 33.4 Å². The fourth-order valence-corrected chi connectivity index (χ4v) is 3.06. The summed E-state index contributed by atoms with van der Waals surface area (Å²) in [6.45, 7) is 8.69. The second-order valence-corrected chi connectivity index (χ2v) is 11.5. The molecule has 5 heteroatoms. The Hall–Kier alpha value is -0.963. The number of hydrogen-bond acceptors (Lipinski definition) is 3. The molecule has 3 nitrogen and oxygen atoms in total. The summed E-state index contributed by atoms with van der Waals surface area (Å²) in [6, 6.07) is 4.03. The maximum atomic E-state index is 5.47. The van der Waals surface area contributed by atoms with Crippen molar-refractivity contribution < 1.29 is 9.47 Å². The summed E-state index contributed by atoms with van der Waals surface area (Å²) in [4.78, 5) is 2.20. The van der Waals surface area contributed by atoms with Crippen LogP contribution in [0.5, 0.6) is 11.5 Å². The van der Waals surface area contributed by atoms with E-state index in [0.717, 1.165) is 29.1 Å². The first-order chi connectivity index (χ1) is 9.37. The van der Waals surface area contributed by atoms with Gasteiger partial charge in [-0.1, -0.05) is 31.6 Å². The third-order valence-electron chi connectivity index (χ3n) is 2.81. The first-order valence-electron chi connectivity index (χ1n) is 6.62. The molecule has 0 saturated carbocycles. The van der Waals surface area contributed by atoms with Crippen molar-refractivity contribution >= 4 is 24.0 Å². The molecule has 0 bridgehead atoms. The Morgan fingerprint density at radius 2 is 2.05 bits per heavy atom. The number of benzene rings is 1. The molecule has 0 fully saturated rings. The van der Waals surface area contributed by atoms with Crippen molar-refractivity contribution in [1.29, 1.82) is 0 Å². The smallest absolute Gasteiger partial charge is 0.231 e. The largest absolute Gasteiger partial charge is 0.454 e. The van der Waals surface area contributed by atoms with Crippen molar-refractivity contribution in [3.8, 4) is 23.0 Å². The van der Waals surface area contributed by atoms with Gasteiger partial charge in [0.25, 0.3) is 0 Å². The molecule has 0 saturated heterocycles. The van der Waals surface area contributed by atoms with Gasteiger partial charge in [0.1, 0.15) is 8.07 Å². The zero-order valence-electron chi connectivity index (χ0n) is 12.4. The molecule has 0 spiro atoms. The summed E-state index contributed by atoms with van der Waals surface area (Å²) in [6.07, 6.45) is 0. The number of rotatable bonds is 3. The molecule has 2 rings (SSSR count). The Morgan fingerprint density at radius 3 is 2.75 bits per heavy atom. The van der Waals surface area contributed by atoms with Crippen LogP contribution in [-0.2, 0) is 6.54 Å². The van der Waals surface area contributed by atoms with Crippen molar-refractivity contribution in [3.05, 3.63) is 22.2 Å². The molecule has 108 valence electrons. The lowest BCUT2D eigenvalue weighted by Gasteiger charge is -2.15. The van der Waals surface area contributed by atoms with E-state index in [9.17, 15) is 0 Å². The summed E-state index contributed by atoms with van der Waals surface area (Å²) in [5.41, 5.74) is 4.57. The zero-order chi connectivity index (χ0) is 14.8. The number of nitrogens with zero attached hydrogens (tertiary/aromatic N) is 1. The maximum absolute atomic E-state index is 5.47. The minimum Gasteiger partial charge on any atom is -0.454 e. The van der Waals surface area contributed by atoms with E-state index in [-0.39, 0.29) is 0 Å². The first kappa shape index (κ1) is 15.4. The highest BCUT2D eigenvalue weighted by molar-refractivity contribution is 9.10. The van der Waals surface area contributed by atoms with Gasteiger partial charge in [-0.05, 0) is 34.6 Å².